The fourth-order valence-corrected chi connectivity index (χ4v) is 2.71. The number of rotatable bonds is 6. The van der Waals surface area contributed by atoms with Gasteiger partial charge in [-0.2, -0.15) is 0 Å². The van der Waals surface area contributed by atoms with E-state index in [1.54, 1.807) is 0 Å². The molecule has 0 aromatic heterocycles. The molecule has 2 heterocycles. The van der Waals surface area contributed by atoms with Crippen LogP contribution in [0.4, 0.5) is 0 Å². The van der Waals surface area contributed by atoms with Crippen LogP contribution in [0, 0.1) is 0 Å². The van der Waals surface area contributed by atoms with Crippen LogP contribution in [0.15, 0.2) is 4.99 Å². The summed E-state index contributed by atoms with van der Waals surface area (Å²) in [5, 5.41) is 6.71. The molecule has 1 atom stereocenters. The summed E-state index contributed by atoms with van der Waals surface area (Å²) in [5.41, 5.74) is -0.0768. The third-order valence-electron chi connectivity index (χ3n) is 4.04. The Bertz CT molecular complexity index is 330. The number of guanidine groups is 1. The smallest absolute Gasteiger partial charge is 0.191 e. The Labute approximate surface area is 151 Å². The number of nitrogens with zero attached hydrogens (tertiary/aromatic N) is 2. The van der Waals surface area contributed by atoms with Crippen molar-refractivity contribution in [1.82, 2.24) is 15.5 Å². The van der Waals surface area contributed by atoms with E-state index in [4.69, 9.17) is 9.47 Å². The highest BCUT2D eigenvalue weighted by Gasteiger charge is 2.29. The lowest BCUT2D eigenvalue weighted by atomic mass is 10.0. The molecule has 1 unspecified atom stereocenters. The average molecular weight is 426 g/mol. The molecule has 130 valence electrons. The van der Waals surface area contributed by atoms with E-state index < -0.39 is 0 Å². The van der Waals surface area contributed by atoms with Crippen LogP contribution in [0.3, 0.4) is 0 Å². The highest BCUT2D eigenvalue weighted by molar-refractivity contribution is 14.0. The molecule has 0 aromatic rings. The van der Waals surface area contributed by atoms with Gasteiger partial charge in [0.05, 0.1) is 25.4 Å². The van der Waals surface area contributed by atoms with Gasteiger partial charge in [-0.25, -0.2) is 0 Å². The molecular formula is C15H31IN4O2. The normalized spacial score (nSPS) is 26.5. The number of morpholine rings is 1. The second-order valence-electron chi connectivity index (χ2n) is 5.98. The first-order valence-corrected chi connectivity index (χ1v) is 8.18. The van der Waals surface area contributed by atoms with Gasteiger partial charge in [0, 0.05) is 39.3 Å². The minimum absolute atomic E-state index is 0. The third kappa shape index (κ3) is 6.97. The molecule has 2 saturated heterocycles. The van der Waals surface area contributed by atoms with E-state index in [1.165, 1.54) is 0 Å². The molecular weight excluding hydrogens is 395 g/mol. The van der Waals surface area contributed by atoms with E-state index in [1.807, 2.05) is 0 Å². The zero-order valence-corrected chi connectivity index (χ0v) is 16.2. The molecule has 2 N–H and O–H groups in total. The predicted octanol–water partition coefficient (Wildman–Crippen LogP) is 1.06. The zero-order chi connectivity index (χ0) is 15.0. The van der Waals surface area contributed by atoms with Gasteiger partial charge in [-0.05, 0) is 26.7 Å². The van der Waals surface area contributed by atoms with Crippen LogP contribution in [0.2, 0.25) is 0 Å². The molecule has 6 nitrogen and oxygen atoms in total. The number of aliphatic imine (C=N–C) groups is 1. The van der Waals surface area contributed by atoms with Gasteiger partial charge in [-0.3, -0.25) is 9.89 Å². The van der Waals surface area contributed by atoms with E-state index in [-0.39, 0.29) is 29.6 Å². The molecule has 2 aliphatic rings. The fraction of sp³-hybridized carbons (Fsp3) is 0.933. The van der Waals surface area contributed by atoms with Gasteiger partial charge in [0.2, 0.25) is 0 Å². The molecule has 2 rings (SSSR count). The van der Waals surface area contributed by atoms with Crippen LogP contribution in [0.25, 0.3) is 0 Å². The maximum atomic E-state index is 5.78. The van der Waals surface area contributed by atoms with Crippen LogP contribution >= 0.6 is 24.0 Å². The minimum atomic E-state index is -0.0768. The SMILES string of the molecule is CCNC(=NCC1(C)CCCO1)NCCN1CCOCC1.I. The van der Waals surface area contributed by atoms with Crippen LogP contribution in [-0.4, -0.2) is 75.5 Å². The highest BCUT2D eigenvalue weighted by atomic mass is 127. The van der Waals surface area contributed by atoms with Gasteiger partial charge in [0.1, 0.15) is 0 Å². The monoisotopic (exact) mass is 426 g/mol. The van der Waals surface area contributed by atoms with Crippen molar-refractivity contribution in [3.63, 3.8) is 0 Å². The van der Waals surface area contributed by atoms with E-state index in [9.17, 15) is 0 Å². The Morgan fingerprint density at radius 3 is 2.64 bits per heavy atom. The van der Waals surface area contributed by atoms with Crippen LogP contribution in [0.5, 0.6) is 0 Å². The Hall–Kier alpha value is -0.120. The van der Waals surface area contributed by atoms with E-state index in [0.717, 1.165) is 77.9 Å². The minimum Gasteiger partial charge on any atom is -0.379 e. The zero-order valence-electron chi connectivity index (χ0n) is 13.9. The molecule has 22 heavy (non-hydrogen) atoms. The Kier molecular flexibility index (Phi) is 9.62. The number of hydrogen-bond donors (Lipinski definition) is 2. The van der Waals surface area contributed by atoms with E-state index in [2.05, 4.69) is 34.4 Å². The lowest BCUT2D eigenvalue weighted by molar-refractivity contribution is 0.0283. The lowest BCUT2D eigenvalue weighted by Gasteiger charge is -2.27. The van der Waals surface area contributed by atoms with Crippen molar-refractivity contribution in [1.29, 1.82) is 0 Å². The molecule has 0 amide bonds. The second kappa shape index (κ2) is 10.6. The summed E-state index contributed by atoms with van der Waals surface area (Å²) in [4.78, 5) is 7.09. The fourth-order valence-electron chi connectivity index (χ4n) is 2.71. The molecule has 7 heteroatoms. The van der Waals surface area contributed by atoms with Crippen molar-refractivity contribution in [3.05, 3.63) is 0 Å². The molecule has 2 fully saturated rings. The van der Waals surface area contributed by atoms with Gasteiger partial charge in [-0.15, -0.1) is 24.0 Å². The van der Waals surface area contributed by atoms with Crippen LogP contribution in [-0.2, 0) is 9.47 Å². The van der Waals surface area contributed by atoms with Crippen LogP contribution in [0.1, 0.15) is 26.7 Å². The molecule has 0 aliphatic carbocycles. The van der Waals surface area contributed by atoms with Gasteiger partial charge >= 0.3 is 0 Å². The van der Waals surface area contributed by atoms with Crippen LogP contribution < -0.4 is 10.6 Å². The van der Waals surface area contributed by atoms with Gasteiger partial charge < -0.3 is 20.1 Å². The third-order valence-corrected chi connectivity index (χ3v) is 4.04. The van der Waals surface area contributed by atoms with Gasteiger partial charge in [-0.1, -0.05) is 0 Å². The van der Waals surface area contributed by atoms with Crippen molar-refractivity contribution in [2.75, 3.05) is 59.1 Å². The van der Waals surface area contributed by atoms with Crippen molar-refractivity contribution in [2.45, 2.75) is 32.3 Å². The quantitative estimate of drug-likeness (QED) is 0.378. The standard InChI is InChI=1S/C15H30N4O2.HI/c1-3-16-14(18-13-15(2)5-4-10-21-15)17-6-7-19-8-11-20-12-9-19;/h3-13H2,1-2H3,(H2,16,17,18);1H. The average Bonchev–Trinajstić information content (AvgIpc) is 2.93. The first-order chi connectivity index (χ1) is 10.2. The largest absolute Gasteiger partial charge is 0.379 e. The summed E-state index contributed by atoms with van der Waals surface area (Å²) in [6, 6.07) is 0. The van der Waals surface area contributed by atoms with Crippen molar-refractivity contribution in [2.24, 2.45) is 4.99 Å². The number of halogens is 1. The molecule has 2 aliphatic heterocycles. The van der Waals surface area contributed by atoms with E-state index >= 15 is 0 Å². The Morgan fingerprint density at radius 1 is 1.23 bits per heavy atom. The molecule has 0 radical (unpaired) electrons. The maximum absolute atomic E-state index is 5.78. The Balaban J connectivity index is 0.00000242. The second-order valence-corrected chi connectivity index (χ2v) is 5.98. The predicted molar refractivity (Wildman–Crippen MR) is 100 cm³/mol. The first kappa shape index (κ1) is 19.9. The van der Waals surface area contributed by atoms with E-state index in [0.29, 0.717) is 0 Å². The number of hydrogen-bond acceptors (Lipinski definition) is 4. The number of nitrogens with one attached hydrogen (secondary N) is 2. The van der Waals surface area contributed by atoms with Gasteiger partial charge in [0.25, 0.3) is 0 Å². The summed E-state index contributed by atoms with van der Waals surface area (Å²) < 4.78 is 11.1. The molecule has 0 aromatic carbocycles. The topological polar surface area (TPSA) is 58.1 Å². The van der Waals surface area contributed by atoms with Crippen molar-refractivity contribution >= 4 is 29.9 Å². The van der Waals surface area contributed by atoms with Crippen molar-refractivity contribution < 1.29 is 9.47 Å². The summed E-state index contributed by atoms with van der Waals surface area (Å²) in [6.45, 7) is 12.4. The van der Waals surface area contributed by atoms with Gasteiger partial charge in [0.15, 0.2) is 5.96 Å². The number of ether oxygens (including phenoxy) is 2. The van der Waals surface area contributed by atoms with Crippen molar-refractivity contribution in [3.8, 4) is 0 Å². The molecule has 0 spiro atoms. The summed E-state index contributed by atoms with van der Waals surface area (Å²) >= 11 is 0. The Morgan fingerprint density at radius 2 is 2.00 bits per heavy atom. The maximum Gasteiger partial charge on any atom is 0.191 e. The molecule has 0 bridgehead atoms. The lowest BCUT2D eigenvalue weighted by Crippen LogP contribution is -2.45. The summed E-state index contributed by atoms with van der Waals surface area (Å²) in [6.07, 6.45) is 2.25. The summed E-state index contributed by atoms with van der Waals surface area (Å²) in [7, 11) is 0. The first-order valence-electron chi connectivity index (χ1n) is 8.18. The summed E-state index contributed by atoms with van der Waals surface area (Å²) in [5.74, 6) is 0.891. The molecule has 0 saturated carbocycles. The highest BCUT2D eigenvalue weighted by Crippen LogP contribution is 2.24.